The summed E-state index contributed by atoms with van der Waals surface area (Å²) in [7, 11) is 3.27. The van der Waals surface area contributed by atoms with Crippen LogP contribution >= 0.6 is 0 Å². The Kier molecular flexibility index (Phi) is 5.98. The standard InChI is InChI=1S/C25H23N3O3/c1-30-21-12-6-17(7-13-21)16-26-25(29)19-10-8-18(9-11-19)23-15-24(28-27-23)20-4-3-5-22(14-20)31-2/h3-15H,16H2,1-2H3,(H,26,29)(H,27,28). The van der Waals surface area contributed by atoms with Crippen LogP contribution in [0.25, 0.3) is 22.5 Å². The molecule has 0 fully saturated rings. The zero-order valence-electron chi connectivity index (χ0n) is 17.4. The molecule has 1 heterocycles. The Labute approximate surface area is 180 Å². The number of ether oxygens (including phenoxy) is 2. The first kappa shape index (κ1) is 20.2. The summed E-state index contributed by atoms with van der Waals surface area (Å²) in [6, 6.07) is 24.8. The molecule has 0 atom stereocenters. The maximum Gasteiger partial charge on any atom is 0.251 e. The van der Waals surface area contributed by atoms with Crippen molar-refractivity contribution in [2.75, 3.05) is 14.2 Å². The van der Waals surface area contributed by atoms with Gasteiger partial charge in [-0.25, -0.2) is 0 Å². The van der Waals surface area contributed by atoms with Gasteiger partial charge in [0.2, 0.25) is 0 Å². The highest BCUT2D eigenvalue weighted by molar-refractivity contribution is 5.94. The summed E-state index contributed by atoms with van der Waals surface area (Å²) >= 11 is 0. The van der Waals surface area contributed by atoms with Crippen LogP contribution in [-0.2, 0) is 6.54 Å². The lowest BCUT2D eigenvalue weighted by atomic mass is 10.1. The number of amides is 1. The van der Waals surface area contributed by atoms with Crippen LogP contribution in [0, 0.1) is 0 Å². The molecule has 4 rings (SSSR count). The van der Waals surface area contributed by atoms with Crippen LogP contribution in [0.3, 0.4) is 0 Å². The third-order valence-electron chi connectivity index (χ3n) is 5.01. The number of benzene rings is 3. The first-order chi connectivity index (χ1) is 15.2. The van der Waals surface area contributed by atoms with Gasteiger partial charge in [0.05, 0.1) is 25.6 Å². The van der Waals surface area contributed by atoms with Gasteiger partial charge in [0.1, 0.15) is 11.5 Å². The number of H-pyrrole nitrogens is 1. The monoisotopic (exact) mass is 413 g/mol. The van der Waals surface area contributed by atoms with E-state index in [-0.39, 0.29) is 5.91 Å². The van der Waals surface area contributed by atoms with E-state index in [9.17, 15) is 4.79 Å². The lowest BCUT2D eigenvalue weighted by Gasteiger charge is -2.07. The number of hydrogen-bond donors (Lipinski definition) is 2. The van der Waals surface area contributed by atoms with Crippen molar-refractivity contribution >= 4 is 5.91 Å². The van der Waals surface area contributed by atoms with Gasteiger partial charge >= 0.3 is 0 Å². The SMILES string of the molecule is COc1ccc(CNC(=O)c2ccc(-c3cc(-c4cccc(OC)c4)n[nH]3)cc2)cc1. The van der Waals surface area contributed by atoms with Crippen molar-refractivity contribution in [2.24, 2.45) is 0 Å². The predicted molar refractivity (Wildman–Crippen MR) is 120 cm³/mol. The maximum atomic E-state index is 12.5. The van der Waals surface area contributed by atoms with E-state index in [4.69, 9.17) is 9.47 Å². The zero-order chi connectivity index (χ0) is 21.6. The number of hydrogen-bond acceptors (Lipinski definition) is 4. The molecule has 6 nitrogen and oxygen atoms in total. The lowest BCUT2D eigenvalue weighted by molar-refractivity contribution is 0.0951. The van der Waals surface area contributed by atoms with Crippen LogP contribution in [-0.4, -0.2) is 30.3 Å². The summed E-state index contributed by atoms with van der Waals surface area (Å²) in [5.41, 5.74) is 5.24. The minimum absolute atomic E-state index is 0.121. The van der Waals surface area contributed by atoms with E-state index in [0.29, 0.717) is 12.1 Å². The van der Waals surface area contributed by atoms with E-state index < -0.39 is 0 Å². The molecular weight excluding hydrogens is 390 g/mol. The Hall–Kier alpha value is -4.06. The molecule has 0 aliphatic heterocycles. The molecule has 0 bridgehead atoms. The van der Waals surface area contributed by atoms with Crippen molar-refractivity contribution in [3.8, 4) is 34.0 Å². The minimum atomic E-state index is -0.121. The largest absolute Gasteiger partial charge is 0.497 e. The molecule has 0 radical (unpaired) electrons. The van der Waals surface area contributed by atoms with Crippen molar-refractivity contribution in [1.29, 1.82) is 0 Å². The normalized spacial score (nSPS) is 10.5. The third kappa shape index (κ3) is 4.75. The number of rotatable bonds is 7. The van der Waals surface area contributed by atoms with Gasteiger partial charge in [-0.1, -0.05) is 36.4 Å². The van der Waals surface area contributed by atoms with Crippen LogP contribution in [0.2, 0.25) is 0 Å². The van der Waals surface area contributed by atoms with Gasteiger partial charge in [0.25, 0.3) is 5.91 Å². The molecule has 1 aromatic heterocycles. The maximum absolute atomic E-state index is 12.5. The van der Waals surface area contributed by atoms with Crippen LogP contribution in [0.1, 0.15) is 15.9 Å². The molecule has 6 heteroatoms. The summed E-state index contributed by atoms with van der Waals surface area (Å²) in [5.74, 6) is 1.45. The third-order valence-corrected chi connectivity index (χ3v) is 5.01. The van der Waals surface area contributed by atoms with E-state index >= 15 is 0 Å². The van der Waals surface area contributed by atoms with E-state index in [0.717, 1.165) is 39.6 Å². The average Bonchev–Trinajstić information content (AvgIpc) is 3.33. The second-order valence-electron chi connectivity index (χ2n) is 7.01. The number of aromatic nitrogens is 2. The second-order valence-corrected chi connectivity index (χ2v) is 7.01. The quantitative estimate of drug-likeness (QED) is 0.461. The van der Waals surface area contributed by atoms with Gasteiger partial charge in [0.15, 0.2) is 0 Å². The van der Waals surface area contributed by atoms with Crippen molar-refractivity contribution in [3.05, 3.63) is 90.0 Å². The Morgan fingerprint density at radius 3 is 2.32 bits per heavy atom. The number of carbonyl (C=O) groups excluding carboxylic acids is 1. The fraction of sp³-hybridized carbons (Fsp3) is 0.120. The molecular formula is C25H23N3O3. The Balaban J connectivity index is 1.41. The molecule has 1 amide bonds. The van der Waals surface area contributed by atoms with Gasteiger partial charge in [-0.2, -0.15) is 5.10 Å². The predicted octanol–water partition coefficient (Wildman–Crippen LogP) is 4.69. The molecule has 4 aromatic rings. The summed E-state index contributed by atoms with van der Waals surface area (Å²) in [6.07, 6.45) is 0. The fourth-order valence-corrected chi connectivity index (χ4v) is 3.23. The highest BCUT2D eigenvalue weighted by atomic mass is 16.5. The summed E-state index contributed by atoms with van der Waals surface area (Å²) in [6.45, 7) is 0.453. The smallest absolute Gasteiger partial charge is 0.251 e. The van der Waals surface area contributed by atoms with E-state index in [2.05, 4.69) is 15.5 Å². The van der Waals surface area contributed by atoms with Crippen molar-refractivity contribution < 1.29 is 14.3 Å². The van der Waals surface area contributed by atoms with Crippen LogP contribution in [0.4, 0.5) is 0 Å². The molecule has 31 heavy (non-hydrogen) atoms. The lowest BCUT2D eigenvalue weighted by Crippen LogP contribution is -2.22. The number of nitrogens with zero attached hydrogens (tertiary/aromatic N) is 1. The highest BCUT2D eigenvalue weighted by Gasteiger charge is 2.09. The van der Waals surface area contributed by atoms with Gasteiger partial charge in [-0.15, -0.1) is 0 Å². The number of carbonyl (C=O) groups is 1. The van der Waals surface area contributed by atoms with E-state index in [1.807, 2.05) is 78.9 Å². The second kappa shape index (κ2) is 9.17. The molecule has 0 aliphatic carbocycles. The minimum Gasteiger partial charge on any atom is -0.497 e. The number of methoxy groups -OCH3 is 2. The van der Waals surface area contributed by atoms with Gasteiger partial charge in [0, 0.05) is 17.7 Å². The van der Waals surface area contributed by atoms with Crippen LogP contribution in [0.15, 0.2) is 78.9 Å². The van der Waals surface area contributed by atoms with Crippen LogP contribution < -0.4 is 14.8 Å². The average molecular weight is 413 g/mol. The Morgan fingerprint density at radius 1 is 0.871 bits per heavy atom. The Morgan fingerprint density at radius 2 is 1.61 bits per heavy atom. The first-order valence-electron chi connectivity index (χ1n) is 9.87. The van der Waals surface area contributed by atoms with Gasteiger partial charge < -0.3 is 14.8 Å². The van der Waals surface area contributed by atoms with Crippen molar-refractivity contribution in [3.63, 3.8) is 0 Å². The van der Waals surface area contributed by atoms with Crippen molar-refractivity contribution in [1.82, 2.24) is 15.5 Å². The molecule has 0 aliphatic rings. The molecule has 0 unspecified atom stereocenters. The van der Waals surface area contributed by atoms with Crippen molar-refractivity contribution in [2.45, 2.75) is 6.54 Å². The first-order valence-corrected chi connectivity index (χ1v) is 9.87. The zero-order valence-corrected chi connectivity index (χ0v) is 17.4. The molecule has 3 aromatic carbocycles. The number of aromatic amines is 1. The summed E-state index contributed by atoms with van der Waals surface area (Å²) in [5, 5.41) is 10.4. The van der Waals surface area contributed by atoms with E-state index in [1.165, 1.54) is 0 Å². The molecule has 0 saturated heterocycles. The molecule has 156 valence electrons. The van der Waals surface area contributed by atoms with E-state index in [1.54, 1.807) is 14.2 Å². The van der Waals surface area contributed by atoms with Gasteiger partial charge in [-0.3, -0.25) is 9.89 Å². The fourth-order valence-electron chi connectivity index (χ4n) is 3.23. The van der Waals surface area contributed by atoms with Gasteiger partial charge in [-0.05, 0) is 53.6 Å². The van der Waals surface area contributed by atoms with Crippen LogP contribution in [0.5, 0.6) is 11.5 Å². The number of nitrogens with one attached hydrogen (secondary N) is 2. The highest BCUT2D eigenvalue weighted by Crippen LogP contribution is 2.26. The molecule has 0 saturated carbocycles. The Bertz CT molecular complexity index is 1170. The summed E-state index contributed by atoms with van der Waals surface area (Å²) in [4.78, 5) is 12.5. The topological polar surface area (TPSA) is 76.2 Å². The molecule has 2 N–H and O–H groups in total. The molecule has 0 spiro atoms. The summed E-state index contributed by atoms with van der Waals surface area (Å²) < 4.78 is 10.4.